The van der Waals surface area contributed by atoms with Gasteiger partial charge in [0.1, 0.15) is 17.5 Å². The Bertz CT molecular complexity index is 499. The van der Waals surface area contributed by atoms with Crippen molar-refractivity contribution in [3.8, 4) is 18.0 Å². The number of hydrogen-bond donors (Lipinski definition) is 2. The smallest absolute Gasteiger partial charge is 0.183 e. The van der Waals surface area contributed by atoms with E-state index < -0.39 is 0 Å². The van der Waals surface area contributed by atoms with Crippen molar-refractivity contribution in [2.45, 2.75) is 0 Å². The second kappa shape index (κ2) is 5.64. The Kier molecular flexibility index (Phi) is 4.19. The van der Waals surface area contributed by atoms with Crippen LogP contribution in [0.2, 0.25) is 0 Å². The number of para-hydroxylation sites is 1. The maximum atomic E-state index is 9.56. The van der Waals surface area contributed by atoms with Gasteiger partial charge in [0, 0.05) is 0 Å². The first kappa shape index (κ1) is 11.9. The second-order valence-electron chi connectivity index (χ2n) is 2.64. The molecular weight excluding hydrogens is 224 g/mol. The highest BCUT2D eigenvalue weighted by Gasteiger charge is 2.07. The average Bonchev–Trinajstić information content (AvgIpc) is 2.30. The van der Waals surface area contributed by atoms with Crippen molar-refractivity contribution in [3.05, 3.63) is 23.8 Å². The summed E-state index contributed by atoms with van der Waals surface area (Å²) in [5.74, 6) is -0.0923. The van der Waals surface area contributed by atoms with Crippen molar-refractivity contribution in [1.29, 1.82) is 10.5 Å². The van der Waals surface area contributed by atoms with E-state index in [-0.39, 0.29) is 17.0 Å². The average molecular weight is 232 g/mol. The van der Waals surface area contributed by atoms with Crippen molar-refractivity contribution in [1.82, 2.24) is 5.32 Å². The van der Waals surface area contributed by atoms with Crippen LogP contribution >= 0.6 is 11.8 Å². The van der Waals surface area contributed by atoms with E-state index in [0.717, 1.165) is 0 Å². The zero-order chi connectivity index (χ0) is 12.0. The van der Waals surface area contributed by atoms with E-state index in [1.165, 1.54) is 17.8 Å². The number of rotatable bonds is 1. The maximum absolute atomic E-state index is 9.56. The van der Waals surface area contributed by atoms with Crippen LogP contribution in [0.25, 0.3) is 0 Å². The molecule has 5 nitrogen and oxygen atoms in total. The van der Waals surface area contributed by atoms with Gasteiger partial charge in [-0.3, -0.25) is 5.32 Å². The third-order valence-corrected chi connectivity index (χ3v) is 2.28. The highest BCUT2D eigenvalue weighted by molar-refractivity contribution is 8.13. The Hall–Kier alpha value is -2.18. The molecule has 0 atom stereocenters. The lowest BCUT2D eigenvalue weighted by atomic mass is 10.2. The first-order valence-corrected chi connectivity index (χ1v) is 5.45. The van der Waals surface area contributed by atoms with Crippen LogP contribution in [0.4, 0.5) is 5.69 Å². The van der Waals surface area contributed by atoms with E-state index in [4.69, 9.17) is 10.5 Å². The lowest BCUT2D eigenvalue weighted by Crippen LogP contribution is -2.12. The molecule has 0 saturated heterocycles. The fourth-order valence-corrected chi connectivity index (χ4v) is 1.34. The van der Waals surface area contributed by atoms with Crippen molar-refractivity contribution < 1.29 is 5.11 Å². The fraction of sp³-hybridized carbons (Fsp3) is 0.100. The fourth-order valence-electron chi connectivity index (χ4n) is 1.01. The molecule has 1 aromatic carbocycles. The molecule has 0 aliphatic heterocycles. The summed E-state index contributed by atoms with van der Waals surface area (Å²) in [6.07, 6.45) is 3.46. The van der Waals surface area contributed by atoms with Crippen molar-refractivity contribution >= 4 is 22.6 Å². The molecule has 0 unspecified atom stereocenters. The molecule has 2 N–H and O–H groups in total. The van der Waals surface area contributed by atoms with Crippen molar-refractivity contribution in [2.24, 2.45) is 4.99 Å². The Morgan fingerprint density at radius 1 is 1.50 bits per heavy atom. The first-order chi connectivity index (χ1) is 7.72. The van der Waals surface area contributed by atoms with Gasteiger partial charge in [-0.2, -0.15) is 10.5 Å². The van der Waals surface area contributed by atoms with E-state index >= 15 is 0 Å². The number of thioether (sulfide) groups is 1. The summed E-state index contributed by atoms with van der Waals surface area (Å²) < 4.78 is 0. The lowest BCUT2D eigenvalue weighted by Gasteiger charge is -2.03. The third kappa shape index (κ3) is 2.66. The molecule has 6 heteroatoms. The highest BCUT2D eigenvalue weighted by atomic mass is 32.2. The van der Waals surface area contributed by atoms with Crippen LogP contribution in [0.5, 0.6) is 5.75 Å². The number of nitrogens with one attached hydrogen (secondary N) is 1. The molecule has 0 heterocycles. The van der Waals surface area contributed by atoms with Crippen LogP contribution in [0, 0.1) is 22.8 Å². The number of nitrogens with zero attached hydrogens (tertiary/aromatic N) is 3. The van der Waals surface area contributed by atoms with Gasteiger partial charge in [0.25, 0.3) is 0 Å². The molecule has 0 bridgehead atoms. The molecule has 0 fully saturated rings. The number of amidine groups is 1. The molecule has 0 spiro atoms. The van der Waals surface area contributed by atoms with Gasteiger partial charge in [0.15, 0.2) is 11.4 Å². The maximum Gasteiger partial charge on any atom is 0.183 e. The van der Waals surface area contributed by atoms with Crippen LogP contribution in [-0.2, 0) is 0 Å². The number of phenolic OH excluding ortho intramolecular Hbond substituents is 1. The topological polar surface area (TPSA) is 92.2 Å². The predicted molar refractivity (Wildman–Crippen MR) is 62.2 cm³/mol. The summed E-state index contributed by atoms with van der Waals surface area (Å²) in [6, 6.07) is 6.46. The van der Waals surface area contributed by atoms with E-state index in [9.17, 15) is 5.11 Å². The zero-order valence-electron chi connectivity index (χ0n) is 8.43. The predicted octanol–water partition coefficient (Wildman–Crippen LogP) is 1.69. The quantitative estimate of drug-likeness (QED) is 0.332. The SMILES string of the molecule is CSC(=Nc1c(O)cccc1C#N)NC#N. The number of hydrogen-bond acceptors (Lipinski definition) is 5. The van der Waals surface area contributed by atoms with E-state index in [1.807, 2.05) is 6.07 Å². The summed E-state index contributed by atoms with van der Waals surface area (Å²) in [6.45, 7) is 0. The minimum Gasteiger partial charge on any atom is -0.506 e. The molecule has 16 heavy (non-hydrogen) atoms. The molecule has 1 aromatic rings. The van der Waals surface area contributed by atoms with Crippen LogP contribution in [0.1, 0.15) is 5.56 Å². The van der Waals surface area contributed by atoms with Crippen molar-refractivity contribution in [2.75, 3.05) is 6.26 Å². The van der Waals surface area contributed by atoms with Gasteiger partial charge >= 0.3 is 0 Å². The molecule has 0 amide bonds. The molecule has 0 radical (unpaired) electrons. The number of nitriles is 2. The number of benzene rings is 1. The van der Waals surface area contributed by atoms with Gasteiger partial charge in [-0.25, -0.2) is 4.99 Å². The Morgan fingerprint density at radius 3 is 2.81 bits per heavy atom. The summed E-state index contributed by atoms with van der Waals surface area (Å²) in [5.41, 5.74) is 0.420. The first-order valence-electron chi connectivity index (χ1n) is 4.22. The van der Waals surface area contributed by atoms with Crippen molar-refractivity contribution in [3.63, 3.8) is 0 Å². The van der Waals surface area contributed by atoms with E-state index in [2.05, 4.69) is 10.3 Å². The molecule has 80 valence electrons. The number of aromatic hydroxyl groups is 1. The Morgan fingerprint density at radius 2 is 2.25 bits per heavy atom. The molecule has 0 saturated carbocycles. The normalized spacial score (nSPS) is 10.3. The summed E-state index contributed by atoms with van der Waals surface area (Å²) in [7, 11) is 0. The van der Waals surface area contributed by atoms with Crippen LogP contribution in [0.15, 0.2) is 23.2 Å². The molecular formula is C10H8N4OS. The molecule has 0 aliphatic carbocycles. The highest BCUT2D eigenvalue weighted by Crippen LogP contribution is 2.30. The van der Waals surface area contributed by atoms with Gasteiger partial charge < -0.3 is 5.11 Å². The lowest BCUT2D eigenvalue weighted by molar-refractivity contribution is 0.476. The minimum absolute atomic E-state index is 0.0923. The standard InChI is InChI=1S/C10H8N4OS/c1-16-10(13-6-12)14-9-7(5-11)3-2-4-8(9)15/h2-4,15H,1H3,(H,13,14). The van der Waals surface area contributed by atoms with E-state index in [1.54, 1.807) is 24.6 Å². The third-order valence-electron chi connectivity index (χ3n) is 1.70. The number of aliphatic imine (C=N–C) groups is 1. The Labute approximate surface area is 97.0 Å². The number of phenols is 1. The summed E-state index contributed by atoms with van der Waals surface area (Å²) in [5, 5.41) is 29.5. The zero-order valence-corrected chi connectivity index (χ0v) is 9.25. The molecule has 0 aliphatic rings. The summed E-state index contributed by atoms with van der Waals surface area (Å²) in [4.78, 5) is 4.01. The van der Waals surface area contributed by atoms with E-state index in [0.29, 0.717) is 5.17 Å². The summed E-state index contributed by atoms with van der Waals surface area (Å²) >= 11 is 1.21. The van der Waals surface area contributed by atoms with Gasteiger partial charge in [-0.1, -0.05) is 17.8 Å². The van der Waals surface area contributed by atoms with Gasteiger partial charge in [0.05, 0.1) is 5.56 Å². The minimum atomic E-state index is -0.0923. The van der Waals surface area contributed by atoms with Gasteiger partial charge in [0.2, 0.25) is 0 Å². The monoisotopic (exact) mass is 232 g/mol. The van der Waals surface area contributed by atoms with Crippen LogP contribution in [-0.4, -0.2) is 16.5 Å². The molecule has 1 rings (SSSR count). The van der Waals surface area contributed by atoms with Crippen LogP contribution < -0.4 is 5.32 Å². The second-order valence-corrected chi connectivity index (χ2v) is 3.44. The Balaban J connectivity index is 3.23. The van der Waals surface area contributed by atoms with Gasteiger partial charge in [-0.15, -0.1) is 0 Å². The van der Waals surface area contributed by atoms with Gasteiger partial charge in [-0.05, 0) is 18.4 Å². The molecule has 0 aromatic heterocycles. The largest absolute Gasteiger partial charge is 0.506 e. The van der Waals surface area contributed by atoms with Crippen LogP contribution in [0.3, 0.4) is 0 Å².